The first-order valence-corrected chi connectivity index (χ1v) is 5.89. The zero-order chi connectivity index (χ0) is 11.5. The Kier molecular flexibility index (Phi) is 3.64. The number of nitrogens with zero attached hydrogens (tertiary/aromatic N) is 1. The molecule has 4 heteroatoms. The number of hydrogen-bond donors (Lipinski definition) is 2. The third-order valence-corrected chi connectivity index (χ3v) is 3.10. The molecule has 1 fully saturated rings. The van der Waals surface area contributed by atoms with Gasteiger partial charge in [0.15, 0.2) is 0 Å². The van der Waals surface area contributed by atoms with Crippen molar-refractivity contribution < 1.29 is 10.0 Å². The molecule has 3 nitrogen and oxygen atoms in total. The van der Waals surface area contributed by atoms with Crippen LogP contribution < -0.4 is 5.46 Å². The average Bonchev–Trinajstić information content (AvgIpc) is 3.10. The fourth-order valence-corrected chi connectivity index (χ4v) is 2.03. The highest BCUT2D eigenvalue weighted by Crippen LogP contribution is 2.27. The smallest absolute Gasteiger partial charge is 0.423 e. The van der Waals surface area contributed by atoms with Crippen molar-refractivity contribution in [3.63, 3.8) is 0 Å². The zero-order valence-corrected chi connectivity index (χ0v) is 9.63. The van der Waals surface area contributed by atoms with Gasteiger partial charge in [-0.05, 0) is 30.4 Å². The maximum absolute atomic E-state index is 9.10. The second kappa shape index (κ2) is 5.00. The van der Waals surface area contributed by atoms with E-state index >= 15 is 0 Å². The van der Waals surface area contributed by atoms with Crippen LogP contribution in [0.15, 0.2) is 24.3 Å². The van der Waals surface area contributed by atoms with Gasteiger partial charge in [-0.15, -0.1) is 0 Å². The van der Waals surface area contributed by atoms with Crippen LogP contribution in [0.4, 0.5) is 0 Å². The van der Waals surface area contributed by atoms with Gasteiger partial charge in [-0.2, -0.15) is 0 Å². The Bertz CT molecular complexity index is 353. The molecule has 0 spiro atoms. The average molecular weight is 219 g/mol. The van der Waals surface area contributed by atoms with Crippen molar-refractivity contribution >= 4 is 12.6 Å². The summed E-state index contributed by atoms with van der Waals surface area (Å²) < 4.78 is 0. The van der Waals surface area contributed by atoms with E-state index in [9.17, 15) is 0 Å². The maximum Gasteiger partial charge on any atom is 0.488 e. The van der Waals surface area contributed by atoms with E-state index in [0.29, 0.717) is 5.46 Å². The molecule has 1 aliphatic carbocycles. The van der Waals surface area contributed by atoms with Gasteiger partial charge in [0, 0.05) is 12.6 Å². The molecular weight excluding hydrogens is 201 g/mol. The Hall–Kier alpha value is -0.835. The van der Waals surface area contributed by atoms with Crippen LogP contribution in [0.3, 0.4) is 0 Å². The molecule has 0 saturated heterocycles. The fraction of sp³-hybridized carbons (Fsp3) is 0.500. The fourth-order valence-electron chi connectivity index (χ4n) is 2.03. The molecule has 1 saturated carbocycles. The van der Waals surface area contributed by atoms with Crippen LogP contribution in [-0.4, -0.2) is 34.7 Å². The van der Waals surface area contributed by atoms with Gasteiger partial charge >= 0.3 is 7.12 Å². The molecule has 0 aromatic heterocycles. The van der Waals surface area contributed by atoms with Gasteiger partial charge in [-0.25, -0.2) is 0 Å². The molecule has 0 amide bonds. The predicted molar refractivity (Wildman–Crippen MR) is 65.4 cm³/mol. The van der Waals surface area contributed by atoms with Crippen LogP contribution in [0.5, 0.6) is 0 Å². The Morgan fingerprint density at radius 1 is 1.38 bits per heavy atom. The highest BCUT2D eigenvalue weighted by atomic mass is 16.4. The molecule has 2 N–H and O–H groups in total. The van der Waals surface area contributed by atoms with Gasteiger partial charge in [-0.3, -0.25) is 4.90 Å². The first-order valence-electron chi connectivity index (χ1n) is 5.89. The molecule has 0 bridgehead atoms. The summed E-state index contributed by atoms with van der Waals surface area (Å²) in [5, 5.41) is 18.2. The minimum atomic E-state index is -1.36. The van der Waals surface area contributed by atoms with Crippen LogP contribution in [-0.2, 0) is 6.54 Å². The molecule has 0 atom stereocenters. The topological polar surface area (TPSA) is 43.7 Å². The summed E-state index contributed by atoms with van der Waals surface area (Å²) in [4.78, 5) is 2.43. The number of benzene rings is 1. The standard InChI is InChI=1S/C12H18BNO2/c1-2-14(12-6-7-12)9-10-4-3-5-11(8-10)13(15)16/h3-5,8,12,15-16H,2,6-7,9H2,1H3. The summed E-state index contributed by atoms with van der Waals surface area (Å²) in [5.41, 5.74) is 1.73. The summed E-state index contributed by atoms with van der Waals surface area (Å²) in [6, 6.07) is 8.27. The molecule has 1 aromatic carbocycles. The van der Waals surface area contributed by atoms with Crippen molar-refractivity contribution in [3.05, 3.63) is 29.8 Å². The highest BCUT2D eigenvalue weighted by Gasteiger charge is 2.27. The quantitative estimate of drug-likeness (QED) is 0.702. The van der Waals surface area contributed by atoms with Crippen molar-refractivity contribution in [2.24, 2.45) is 0 Å². The lowest BCUT2D eigenvalue weighted by Crippen LogP contribution is -2.31. The monoisotopic (exact) mass is 219 g/mol. The largest absolute Gasteiger partial charge is 0.488 e. The van der Waals surface area contributed by atoms with Gasteiger partial charge in [-0.1, -0.05) is 31.2 Å². The third-order valence-electron chi connectivity index (χ3n) is 3.10. The molecule has 86 valence electrons. The number of rotatable bonds is 5. The van der Waals surface area contributed by atoms with E-state index in [0.717, 1.165) is 24.7 Å². The summed E-state index contributed by atoms with van der Waals surface area (Å²) in [7, 11) is -1.36. The van der Waals surface area contributed by atoms with E-state index in [4.69, 9.17) is 10.0 Å². The summed E-state index contributed by atoms with van der Waals surface area (Å²) in [6.07, 6.45) is 2.60. The summed E-state index contributed by atoms with van der Waals surface area (Å²) in [6.45, 7) is 4.13. The van der Waals surface area contributed by atoms with Crippen LogP contribution in [0.2, 0.25) is 0 Å². The van der Waals surface area contributed by atoms with Gasteiger partial charge in [0.05, 0.1) is 0 Å². The molecule has 1 aromatic rings. The lowest BCUT2D eigenvalue weighted by Gasteiger charge is -2.20. The van der Waals surface area contributed by atoms with E-state index < -0.39 is 7.12 Å². The van der Waals surface area contributed by atoms with Gasteiger partial charge < -0.3 is 10.0 Å². The molecule has 0 aliphatic heterocycles. The molecule has 0 unspecified atom stereocenters. The first kappa shape index (κ1) is 11.6. The molecule has 0 radical (unpaired) electrons. The van der Waals surface area contributed by atoms with Crippen LogP contribution in [0.1, 0.15) is 25.3 Å². The van der Waals surface area contributed by atoms with E-state index in [-0.39, 0.29) is 0 Å². The summed E-state index contributed by atoms with van der Waals surface area (Å²) >= 11 is 0. The lowest BCUT2D eigenvalue weighted by atomic mass is 9.79. The third kappa shape index (κ3) is 2.85. The Balaban J connectivity index is 2.05. The van der Waals surface area contributed by atoms with Crippen molar-refractivity contribution in [3.8, 4) is 0 Å². The van der Waals surface area contributed by atoms with Crippen molar-refractivity contribution in [1.82, 2.24) is 4.90 Å². The second-order valence-electron chi connectivity index (χ2n) is 4.41. The molecule has 1 aliphatic rings. The van der Waals surface area contributed by atoms with Crippen LogP contribution in [0, 0.1) is 0 Å². The van der Waals surface area contributed by atoms with Crippen LogP contribution >= 0.6 is 0 Å². The van der Waals surface area contributed by atoms with Gasteiger partial charge in [0.2, 0.25) is 0 Å². The summed E-state index contributed by atoms with van der Waals surface area (Å²) in [5.74, 6) is 0. The molecule has 0 heterocycles. The van der Waals surface area contributed by atoms with Gasteiger partial charge in [0.1, 0.15) is 0 Å². The van der Waals surface area contributed by atoms with Crippen LogP contribution in [0.25, 0.3) is 0 Å². The minimum absolute atomic E-state index is 0.573. The zero-order valence-electron chi connectivity index (χ0n) is 9.63. The highest BCUT2D eigenvalue weighted by molar-refractivity contribution is 6.58. The van der Waals surface area contributed by atoms with E-state index in [1.54, 1.807) is 6.07 Å². The Morgan fingerprint density at radius 2 is 2.12 bits per heavy atom. The minimum Gasteiger partial charge on any atom is -0.423 e. The predicted octanol–water partition coefficient (Wildman–Crippen LogP) is 0.351. The Labute approximate surface area is 96.9 Å². The molecule has 16 heavy (non-hydrogen) atoms. The van der Waals surface area contributed by atoms with Crippen molar-refractivity contribution in [1.29, 1.82) is 0 Å². The SMILES string of the molecule is CCN(Cc1cccc(B(O)O)c1)C1CC1. The van der Waals surface area contributed by atoms with Crippen molar-refractivity contribution in [2.45, 2.75) is 32.4 Å². The van der Waals surface area contributed by atoms with Crippen molar-refractivity contribution in [2.75, 3.05) is 6.54 Å². The molecular formula is C12H18BNO2. The lowest BCUT2D eigenvalue weighted by molar-refractivity contribution is 0.269. The molecule has 2 rings (SSSR count). The van der Waals surface area contributed by atoms with E-state index in [2.05, 4.69) is 11.8 Å². The van der Waals surface area contributed by atoms with Gasteiger partial charge in [0.25, 0.3) is 0 Å². The number of hydrogen-bond acceptors (Lipinski definition) is 3. The normalized spacial score (nSPS) is 15.5. The van der Waals surface area contributed by atoms with E-state index in [1.165, 1.54) is 12.8 Å². The second-order valence-corrected chi connectivity index (χ2v) is 4.41. The first-order chi connectivity index (χ1) is 7.70. The van der Waals surface area contributed by atoms with E-state index in [1.807, 2.05) is 18.2 Å². The Morgan fingerprint density at radius 3 is 2.69 bits per heavy atom. The maximum atomic E-state index is 9.10.